The predicted octanol–water partition coefficient (Wildman–Crippen LogP) is 2.08. The lowest BCUT2D eigenvalue weighted by atomic mass is 10.3. The van der Waals surface area contributed by atoms with Crippen LogP contribution in [0, 0.1) is 0 Å². The zero-order chi connectivity index (χ0) is 12.1. The van der Waals surface area contributed by atoms with E-state index in [0.717, 1.165) is 12.8 Å². The number of ether oxygens (including phenoxy) is 2. The molecule has 5 nitrogen and oxygen atoms in total. The van der Waals surface area contributed by atoms with E-state index in [1.54, 1.807) is 12.1 Å². The van der Waals surface area contributed by atoms with Gasteiger partial charge in [0, 0.05) is 6.07 Å². The number of hydrogen-bond donors (Lipinski definition) is 1. The Labute approximate surface area is 99.4 Å². The molecule has 0 atom stereocenters. The summed E-state index contributed by atoms with van der Waals surface area (Å²) < 4.78 is 10.8. The van der Waals surface area contributed by atoms with Gasteiger partial charge in [-0.3, -0.25) is 0 Å². The monoisotopic (exact) mass is 237 g/mol. The Bertz CT molecular complexity index is 388. The van der Waals surface area contributed by atoms with Crippen LogP contribution in [0.25, 0.3) is 0 Å². The Hall–Kier alpha value is -1.62. The molecule has 1 N–H and O–H groups in total. The van der Waals surface area contributed by atoms with E-state index in [9.17, 15) is 4.79 Å². The summed E-state index contributed by atoms with van der Waals surface area (Å²) in [5, 5.41) is 8.76. The molecular formula is C12H15NO4. The van der Waals surface area contributed by atoms with Crippen molar-refractivity contribution in [3.63, 3.8) is 0 Å². The van der Waals surface area contributed by atoms with Crippen molar-refractivity contribution in [3.05, 3.63) is 23.9 Å². The molecule has 0 spiro atoms. The van der Waals surface area contributed by atoms with Crippen LogP contribution in [0.1, 0.15) is 36.2 Å². The summed E-state index contributed by atoms with van der Waals surface area (Å²) in [6.07, 6.45) is 4.84. The maximum atomic E-state index is 10.7. The minimum atomic E-state index is -1.06. The molecule has 0 aliphatic heterocycles. The fourth-order valence-electron chi connectivity index (χ4n) is 1.86. The van der Waals surface area contributed by atoms with Crippen molar-refractivity contribution in [2.24, 2.45) is 0 Å². The summed E-state index contributed by atoms with van der Waals surface area (Å²) in [4.78, 5) is 14.5. The van der Waals surface area contributed by atoms with E-state index in [1.807, 2.05) is 0 Å². The van der Waals surface area contributed by atoms with Gasteiger partial charge in [-0.15, -0.1) is 0 Å². The topological polar surface area (TPSA) is 68.7 Å². The van der Waals surface area contributed by atoms with Gasteiger partial charge in [0.2, 0.25) is 5.88 Å². The molecule has 1 aliphatic rings. The second-order valence-electron chi connectivity index (χ2n) is 4.00. The SMILES string of the molecule is O=C(O)c1cccc(OCOC2CCCC2)n1. The van der Waals surface area contributed by atoms with Gasteiger partial charge < -0.3 is 14.6 Å². The predicted molar refractivity (Wildman–Crippen MR) is 60.0 cm³/mol. The fraction of sp³-hybridized carbons (Fsp3) is 0.500. The molecule has 1 aromatic rings. The molecule has 1 heterocycles. The van der Waals surface area contributed by atoms with Crippen LogP contribution in [0.3, 0.4) is 0 Å². The van der Waals surface area contributed by atoms with E-state index >= 15 is 0 Å². The first-order chi connectivity index (χ1) is 8.25. The zero-order valence-electron chi connectivity index (χ0n) is 9.46. The number of carboxylic acids is 1. The van der Waals surface area contributed by atoms with Crippen molar-refractivity contribution in [3.8, 4) is 5.88 Å². The number of pyridine rings is 1. The lowest BCUT2D eigenvalue weighted by Gasteiger charge is -2.11. The van der Waals surface area contributed by atoms with Gasteiger partial charge in [-0.25, -0.2) is 9.78 Å². The van der Waals surface area contributed by atoms with Crippen LogP contribution in [0.2, 0.25) is 0 Å². The summed E-state index contributed by atoms with van der Waals surface area (Å²) in [5.74, 6) is -0.782. The molecule has 1 aromatic heterocycles. The molecule has 17 heavy (non-hydrogen) atoms. The van der Waals surface area contributed by atoms with Crippen LogP contribution in [0.5, 0.6) is 5.88 Å². The molecule has 1 saturated carbocycles. The molecule has 0 aromatic carbocycles. The van der Waals surface area contributed by atoms with Crippen molar-refractivity contribution >= 4 is 5.97 Å². The smallest absolute Gasteiger partial charge is 0.354 e. The maximum Gasteiger partial charge on any atom is 0.354 e. The third-order valence-electron chi connectivity index (χ3n) is 2.76. The van der Waals surface area contributed by atoms with E-state index < -0.39 is 5.97 Å². The highest BCUT2D eigenvalue weighted by molar-refractivity contribution is 5.85. The summed E-state index contributed by atoms with van der Waals surface area (Å²) >= 11 is 0. The molecule has 1 aliphatic carbocycles. The van der Waals surface area contributed by atoms with Gasteiger partial charge in [0.15, 0.2) is 12.5 Å². The number of aromatic nitrogens is 1. The fourth-order valence-corrected chi connectivity index (χ4v) is 1.86. The lowest BCUT2D eigenvalue weighted by molar-refractivity contribution is -0.0344. The normalized spacial score (nSPS) is 16.0. The van der Waals surface area contributed by atoms with Gasteiger partial charge >= 0.3 is 5.97 Å². The Balaban J connectivity index is 1.81. The van der Waals surface area contributed by atoms with Crippen LogP contribution < -0.4 is 4.74 Å². The molecule has 0 bridgehead atoms. The standard InChI is InChI=1S/C12H15NO4/c14-12(15)10-6-3-7-11(13-10)17-8-16-9-4-1-2-5-9/h3,6-7,9H,1-2,4-5,8H2,(H,14,15). The first-order valence-electron chi connectivity index (χ1n) is 5.70. The van der Waals surface area contributed by atoms with E-state index in [-0.39, 0.29) is 24.5 Å². The Kier molecular flexibility index (Phi) is 3.93. The highest BCUT2D eigenvalue weighted by atomic mass is 16.7. The van der Waals surface area contributed by atoms with Crippen LogP contribution in [0.15, 0.2) is 18.2 Å². The Morgan fingerprint density at radius 3 is 2.88 bits per heavy atom. The second kappa shape index (κ2) is 5.63. The van der Waals surface area contributed by atoms with Crippen LogP contribution in [-0.2, 0) is 4.74 Å². The van der Waals surface area contributed by atoms with Crippen LogP contribution in [0.4, 0.5) is 0 Å². The quantitative estimate of drug-likeness (QED) is 0.794. The largest absolute Gasteiger partial charge is 0.477 e. The second-order valence-corrected chi connectivity index (χ2v) is 4.00. The number of carbonyl (C=O) groups is 1. The Morgan fingerprint density at radius 1 is 1.41 bits per heavy atom. The van der Waals surface area contributed by atoms with Gasteiger partial charge in [-0.05, 0) is 18.9 Å². The van der Waals surface area contributed by atoms with Gasteiger partial charge in [0.05, 0.1) is 6.10 Å². The van der Waals surface area contributed by atoms with Crippen molar-refractivity contribution in [1.82, 2.24) is 4.98 Å². The first-order valence-corrected chi connectivity index (χ1v) is 5.70. The van der Waals surface area contributed by atoms with Crippen molar-refractivity contribution in [2.75, 3.05) is 6.79 Å². The minimum Gasteiger partial charge on any atom is -0.477 e. The van der Waals surface area contributed by atoms with Gasteiger partial charge in [0.25, 0.3) is 0 Å². The van der Waals surface area contributed by atoms with E-state index in [0.29, 0.717) is 0 Å². The molecule has 0 radical (unpaired) electrons. The summed E-state index contributed by atoms with van der Waals surface area (Å²) in [5.41, 5.74) is -0.0247. The summed E-state index contributed by atoms with van der Waals surface area (Å²) in [6.45, 7) is 0.126. The number of rotatable bonds is 5. The van der Waals surface area contributed by atoms with Crippen molar-refractivity contribution in [2.45, 2.75) is 31.8 Å². The minimum absolute atomic E-state index is 0.0247. The third kappa shape index (κ3) is 3.42. The van der Waals surface area contributed by atoms with E-state index in [4.69, 9.17) is 14.6 Å². The molecule has 1 fully saturated rings. The molecule has 92 valence electrons. The number of aromatic carboxylic acids is 1. The molecule has 0 unspecified atom stereocenters. The summed E-state index contributed by atoms with van der Waals surface area (Å²) in [7, 11) is 0. The van der Waals surface area contributed by atoms with E-state index in [2.05, 4.69) is 4.98 Å². The third-order valence-corrected chi connectivity index (χ3v) is 2.76. The van der Waals surface area contributed by atoms with Gasteiger partial charge in [-0.1, -0.05) is 18.9 Å². The Morgan fingerprint density at radius 2 is 2.18 bits per heavy atom. The first kappa shape index (κ1) is 11.9. The number of carboxylic acid groups (broad SMARTS) is 1. The lowest BCUT2D eigenvalue weighted by Crippen LogP contribution is -2.13. The molecule has 2 rings (SSSR count). The average Bonchev–Trinajstić information content (AvgIpc) is 2.82. The maximum absolute atomic E-state index is 10.7. The van der Waals surface area contributed by atoms with Gasteiger partial charge in [0.1, 0.15) is 0 Å². The van der Waals surface area contributed by atoms with Crippen molar-refractivity contribution < 1.29 is 19.4 Å². The highest BCUT2D eigenvalue weighted by Gasteiger charge is 2.15. The van der Waals surface area contributed by atoms with Crippen LogP contribution in [-0.4, -0.2) is 29.0 Å². The van der Waals surface area contributed by atoms with Crippen LogP contribution >= 0.6 is 0 Å². The van der Waals surface area contributed by atoms with Gasteiger partial charge in [-0.2, -0.15) is 0 Å². The molecule has 0 saturated heterocycles. The molecule has 5 heteroatoms. The van der Waals surface area contributed by atoms with Crippen molar-refractivity contribution in [1.29, 1.82) is 0 Å². The van der Waals surface area contributed by atoms with E-state index in [1.165, 1.54) is 18.9 Å². The highest BCUT2D eigenvalue weighted by Crippen LogP contribution is 2.20. The number of hydrogen-bond acceptors (Lipinski definition) is 4. The summed E-state index contributed by atoms with van der Waals surface area (Å²) in [6, 6.07) is 4.64. The molecule has 0 amide bonds. The average molecular weight is 237 g/mol. The number of nitrogens with zero attached hydrogens (tertiary/aromatic N) is 1. The zero-order valence-corrected chi connectivity index (χ0v) is 9.46. The molecular weight excluding hydrogens is 222 g/mol.